The van der Waals surface area contributed by atoms with Gasteiger partial charge < -0.3 is 5.32 Å². The van der Waals surface area contributed by atoms with Crippen molar-refractivity contribution < 1.29 is 0 Å². The molecule has 0 amide bonds. The molecule has 12 heavy (non-hydrogen) atoms. The molecule has 0 aliphatic heterocycles. The Balaban J connectivity index is 3.87. The van der Waals surface area contributed by atoms with E-state index in [2.05, 4.69) is 44.0 Å². The molecule has 0 saturated heterocycles. The minimum absolute atomic E-state index is 0.507. The summed E-state index contributed by atoms with van der Waals surface area (Å²) in [5.74, 6) is 0.507. The fourth-order valence-corrected chi connectivity index (χ4v) is 1.05. The Bertz CT molecular complexity index is 177. The van der Waals surface area contributed by atoms with Crippen LogP contribution in [-0.4, -0.2) is 6.54 Å². The van der Waals surface area contributed by atoms with Crippen molar-refractivity contribution in [1.82, 2.24) is 5.32 Å². The van der Waals surface area contributed by atoms with E-state index in [4.69, 9.17) is 0 Å². The van der Waals surface area contributed by atoms with Crippen molar-refractivity contribution in [3.05, 3.63) is 36.6 Å². The van der Waals surface area contributed by atoms with Crippen LogP contribution in [0.4, 0.5) is 0 Å². The van der Waals surface area contributed by atoms with Gasteiger partial charge >= 0.3 is 0 Å². The van der Waals surface area contributed by atoms with Crippen LogP contribution >= 0.6 is 0 Å². The predicted molar refractivity (Wildman–Crippen MR) is 55.9 cm³/mol. The molecule has 0 aromatic carbocycles. The molecule has 0 fully saturated rings. The van der Waals surface area contributed by atoms with Gasteiger partial charge in [-0.2, -0.15) is 0 Å². The molecule has 0 bridgehead atoms. The lowest BCUT2D eigenvalue weighted by Gasteiger charge is -2.05. The van der Waals surface area contributed by atoms with Crippen molar-refractivity contribution in [1.29, 1.82) is 0 Å². The summed E-state index contributed by atoms with van der Waals surface area (Å²) in [6.07, 6.45) is 8.29. The highest BCUT2D eigenvalue weighted by atomic mass is 14.9. The molecule has 1 unspecified atom stereocenters. The molecule has 0 aliphatic carbocycles. The largest absolute Gasteiger partial charge is 0.385 e. The first-order chi connectivity index (χ1) is 5.70. The third-order valence-corrected chi connectivity index (χ3v) is 1.53. The topological polar surface area (TPSA) is 12.0 Å². The van der Waals surface area contributed by atoms with Gasteiger partial charge in [-0.25, -0.2) is 0 Å². The van der Waals surface area contributed by atoms with Crippen LogP contribution in [0, 0.1) is 5.92 Å². The Kier molecular flexibility index (Phi) is 6.16. The van der Waals surface area contributed by atoms with Crippen LogP contribution in [0.1, 0.15) is 20.8 Å². The number of allylic oxidation sites excluding steroid dienone is 4. The summed E-state index contributed by atoms with van der Waals surface area (Å²) in [6.45, 7) is 10.8. The zero-order valence-corrected chi connectivity index (χ0v) is 8.30. The van der Waals surface area contributed by atoms with E-state index in [-0.39, 0.29) is 0 Å². The second-order valence-corrected chi connectivity index (χ2v) is 2.90. The van der Waals surface area contributed by atoms with Crippen LogP contribution in [0.5, 0.6) is 0 Å². The Morgan fingerprint density at radius 3 is 2.75 bits per heavy atom. The number of rotatable bonds is 5. The molecule has 0 aliphatic rings. The second kappa shape index (κ2) is 6.71. The van der Waals surface area contributed by atoms with Gasteiger partial charge in [-0.05, 0) is 19.8 Å². The fraction of sp³-hybridized carbons (Fsp3) is 0.455. The lowest BCUT2D eigenvalue weighted by atomic mass is 10.1. The fourth-order valence-electron chi connectivity index (χ4n) is 1.05. The van der Waals surface area contributed by atoms with Crippen molar-refractivity contribution in [2.75, 3.05) is 6.54 Å². The first-order valence-electron chi connectivity index (χ1n) is 4.36. The van der Waals surface area contributed by atoms with Crippen LogP contribution < -0.4 is 5.32 Å². The Morgan fingerprint density at radius 1 is 1.58 bits per heavy atom. The summed E-state index contributed by atoms with van der Waals surface area (Å²) in [6, 6.07) is 0. The molecule has 1 heteroatoms. The molecular weight excluding hydrogens is 146 g/mol. The summed E-state index contributed by atoms with van der Waals surface area (Å²) in [7, 11) is 0. The SMILES string of the molecule is C=CCN/C(C)=C\C(C)/C=C\C. The van der Waals surface area contributed by atoms with E-state index in [9.17, 15) is 0 Å². The average Bonchev–Trinajstić information content (AvgIpc) is 2.01. The zero-order valence-electron chi connectivity index (χ0n) is 8.30. The van der Waals surface area contributed by atoms with Gasteiger partial charge in [-0.3, -0.25) is 0 Å². The van der Waals surface area contributed by atoms with E-state index < -0.39 is 0 Å². The summed E-state index contributed by atoms with van der Waals surface area (Å²) < 4.78 is 0. The molecule has 68 valence electrons. The van der Waals surface area contributed by atoms with Gasteiger partial charge in [0.25, 0.3) is 0 Å². The molecule has 0 aromatic heterocycles. The molecular formula is C11H19N. The average molecular weight is 165 g/mol. The van der Waals surface area contributed by atoms with E-state index in [0.29, 0.717) is 5.92 Å². The third kappa shape index (κ3) is 5.78. The predicted octanol–water partition coefficient (Wildman–Crippen LogP) is 2.88. The Hall–Kier alpha value is -0.980. The van der Waals surface area contributed by atoms with E-state index in [1.54, 1.807) is 0 Å². The number of hydrogen-bond acceptors (Lipinski definition) is 1. The maximum Gasteiger partial charge on any atom is 0.0325 e. The van der Waals surface area contributed by atoms with Gasteiger partial charge in [0.2, 0.25) is 0 Å². The van der Waals surface area contributed by atoms with Crippen LogP contribution in [0.25, 0.3) is 0 Å². The molecule has 0 saturated carbocycles. The van der Waals surface area contributed by atoms with Crippen molar-refractivity contribution in [2.24, 2.45) is 5.92 Å². The summed E-state index contributed by atoms with van der Waals surface area (Å²) in [5.41, 5.74) is 1.21. The standard InChI is InChI=1S/C11H19N/c1-5-7-10(3)9-11(4)12-8-6-2/h5-7,9-10,12H,2,8H2,1,3-4H3/b7-5-,11-9-. The number of hydrogen-bond donors (Lipinski definition) is 1. The minimum Gasteiger partial charge on any atom is -0.385 e. The molecule has 1 atom stereocenters. The summed E-state index contributed by atoms with van der Waals surface area (Å²) in [4.78, 5) is 0. The van der Waals surface area contributed by atoms with Gasteiger partial charge in [-0.1, -0.05) is 31.2 Å². The third-order valence-electron chi connectivity index (χ3n) is 1.53. The monoisotopic (exact) mass is 165 g/mol. The van der Waals surface area contributed by atoms with E-state index in [1.807, 2.05) is 13.0 Å². The molecule has 0 heterocycles. The molecule has 1 N–H and O–H groups in total. The Morgan fingerprint density at radius 2 is 2.25 bits per heavy atom. The summed E-state index contributed by atoms with van der Waals surface area (Å²) >= 11 is 0. The molecule has 0 spiro atoms. The van der Waals surface area contributed by atoms with Gasteiger partial charge in [0.15, 0.2) is 0 Å². The van der Waals surface area contributed by atoms with Crippen molar-refractivity contribution in [3.8, 4) is 0 Å². The first-order valence-corrected chi connectivity index (χ1v) is 4.36. The highest BCUT2D eigenvalue weighted by Crippen LogP contribution is 2.01. The van der Waals surface area contributed by atoms with Gasteiger partial charge in [0.1, 0.15) is 0 Å². The molecule has 1 nitrogen and oxygen atoms in total. The van der Waals surface area contributed by atoms with Crippen LogP contribution in [0.2, 0.25) is 0 Å². The number of nitrogens with one attached hydrogen (secondary N) is 1. The zero-order chi connectivity index (χ0) is 9.40. The van der Waals surface area contributed by atoms with Crippen LogP contribution in [0.3, 0.4) is 0 Å². The molecule has 0 aromatic rings. The highest BCUT2D eigenvalue weighted by molar-refractivity contribution is 5.04. The van der Waals surface area contributed by atoms with E-state index in [1.165, 1.54) is 5.70 Å². The molecule has 0 radical (unpaired) electrons. The lowest BCUT2D eigenvalue weighted by Crippen LogP contribution is -2.10. The van der Waals surface area contributed by atoms with Crippen molar-refractivity contribution in [3.63, 3.8) is 0 Å². The highest BCUT2D eigenvalue weighted by Gasteiger charge is 1.91. The van der Waals surface area contributed by atoms with Gasteiger partial charge in [0, 0.05) is 12.2 Å². The molecule has 0 rings (SSSR count). The first kappa shape index (κ1) is 11.0. The minimum atomic E-state index is 0.507. The quantitative estimate of drug-likeness (QED) is 0.618. The van der Waals surface area contributed by atoms with Gasteiger partial charge in [0.05, 0.1) is 0 Å². The summed E-state index contributed by atoms with van der Waals surface area (Å²) in [5, 5.41) is 3.23. The normalized spacial score (nSPS) is 14.8. The van der Waals surface area contributed by atoms with Crippen LogP contribution in [0.15, 0.2) is 36.6 Å². The van der Waals surface area contributed by atoms with E-state index >= 15 is 0 Å². The van der Waals surface area contributed by atoms with Gasteiger partial charge in [-0.15, -0.1) is 6.58 Å². The van der Waals surface area contributed by atoms with E-state index in [0.717, 1.165) is 6.54 Å². The Labute approximate surface area is 75.9 Å². The van der Waals surface area contributed by atoms with Crippen LogP contribution in [-0.2, 0) is 0 Å². The smallest absolute Gasteiger partial charge is 0.0325 e. The maximum absolute atomic E-state index is 3.64. The van der Waals surface area contributed by atoms with Crippen molar-refractivity contribution >= 4 is 0 Å². The maximum atomic E-state index is 3.64. The second-order valence-electron chi connectivity index (χ2n) is 2.90. The lowest BCUT2D eigenvalue weighted by molar-refractivity contribution is 0.848. The van der Waals surface area contributed by atoms with Crippen molar-refractivity contribution in [2.45, 2.75) is 20.8 Å².